The van der Waals surface area contributed by atoms with Crippen LogP contribution in [0.3, 0.4) is 0 Å². The van der Waals surface area contributed by atoms with Gasteiger partial charge in [-0.3, -0.25) is 0 Å². The summed E-state index contributed by atoms with van der Waals surface area (Å²) in [6.45, 7) is 1.33. The molecule has 0 fully saturated rings. The van der Waals surface area contributed by atoms with Crippen molar-refractivity contribution in [2.24, 2.45) is 0 Å². The van der Waals surface area contributed by atoms with Gasteiger partial charge >= 0.3 is 0 Å². The van der Waals surface area contributed by atoms with E-state index in [0.717, 1.165) is 4.68 Å². The van der Waals surface area contributed by atoms with Crippen molar-refractivity contribution in [3.8, 4) is 0 Å². The van der Waals surface area contributed by atoms with Crippen LogP contribution in [0.25, 0.3) is 0 Å². The number of hydrogen-bond donors (Lipinski definition) is 1. The molecule has 4 nitrogen and oxygen atoms in total. The van der Waals surface area contributed by atoms with Crippen molar-refractivity contribution in [3.05, 3.63) is 4.77 Å². The zero-order valence-electron chi connectivity index (χ0n) is 5.66. The second kappa shape index (κ2) is 3.04. The molecule has 11 heavy (non-hydrogen) atoms. The van der Waals surface area contributed by atoms with E-state index in [9.17, 15) is 8.78 Å². The molecule has 0 saturated heterocycles. The average molecular weight is 180 g/mol. The van der Waals surface area contributed by atoms with Gasteiger partial charge in [0.15, 0.2) is 0 Å². The number of aromatic amines is 1. The van der Waals surface area contributed by atoms with Crippen LogP contribution in [0, 0.1) is 4.77 Å². The first-order valence-electron chi connectivity index (χ1n) is 2.90. The number of halogens is 2. The third-order valence-corrected chi connectivity index (χ3v) is 1.54. The SMILES string of the molecule is CC(C(F)F)n1[nH]nnc1=S. The van der Waals surface area contributed by atoms with E-state index in [1.54, 1.807) is 0 Å². The average Bonchev–Trinajstić information content (AvgIpc) is 2.33. The zero-order valence-corrected chi connectivity index (χ0v) is 6.48. The van der Waals surface area contributed by atoms with Gasteiger partial charge in [0.1, 0.15) is 6.04 Å². The molecular weight excluding hydrogens is 174 g/mol. The van der Waals surface area contributed by atoms with Gasteiger partial charge in [-0.05, 0) is 19.1 Å². The van der Waals surface area contributed by atoms with Crippen LogP contribution in [0.15, 0.2) is 0 Å². The van der Waals surface area contributed by atoms with Gasteiger partial charge in [0.2, 0.25) is 4.77 Å². The molecule has 0 amide bonds. The van der Waals surface area contributed by atoms with Gasteiger partial charge in [0, 0.05) is 0 Å². The van der Waals surface area contributed by atoms with E-state index in [1.165, 1.54) is 6.92 Å². The first-order chi connectivity index (χ1) is 5.13. The zero-order chi connectivity index (χ0) is 8.43. The summed E-state index contributed by atoms with van der Waals surface area (Å²) in [6, 6.07) is -1.00. The smallest absolute Gasteiger partial charge is 0.234 e. The molecule has 0 aliphatic heterocycles. The largest absolute Gasteiger partial charge is 0.260 e. The van der Waals surface area contributed by atoms with Gasteiger partial charge in [-0.1, -0.05) is 10.3 Å². The highest BCUT2D eigenvalue weighted by molar-refractivity contribution is 7.71. The molecule has 0 radical (unpaired) electrons. The van der Waals surface area contributed by atoms with Crippen LogP contribution in [0.2, 0.25) is 0 Å². The number of hydrogen-bond acceptors (Lipinski definition) is 3. The number of rotatable bonds is 2. The van der Waals surface area contributed by atoms with Crippen LogP contribution in [-0.2, 0) is 0 Å². The Labute approximate surface area is 66.2 Å². The molecule has 1 aromatic rings. The van der Waals surface area contributed by atoms with Crippen molar-refractivity contribution in [2.75, 3.05) is 0 Å². The molecule has 1 aromatic heterocycles. The highest BCUT2D eigenvalue weighted by atomic mass is 32.1. The molecule has 7 heteroatoms. The molecule has 0 saturated carbocycles. The van der Waals surface area contributed by atoms with Crippen LogP contribution in [0.1, 0.15) is 13.0 Å². The van der Waals surface area contributed by atoms with Crippen molar-refractivity contribution in [1.29, 1.82) is 0 Å². The van der Waals surface area contributed by atoms with Gasteiger partial charge < -0.3 is 0 Å². The van der Waals surface area contributed by atoms with E-state index < -0.39 is 12.5 Å². The molecule has 1 N–H and O–H groups in total. The number of aromatic nitrogens is 4. The van der Waals surface area contributed by atoms with E-state index in [1.807, 2.05) is 0 Å². The molecule has 62 valence electrons. The Morgan fingerprint density at radius 2 is 2.27 bits per heavy atom. The lowest BCUT2D eigenvalue weighted by atomic mass is 10.4. The maximum atomic E-state index is 12.0. The van der Waals surface area contributed by atoms with Gasteiger partial charge in [0.25, 0.3) is 6.43 Å². The molecule has 0 bridgehead atoms. The lowest BCUT2D eigenvalue weighted by molar-refractivity contribution is 0.0838. The highest BCUT2D eigenvalue weighted by Gasteiger charge is 2.17. The van der Waals surface area contributed by atoms with Crippen molar-refractivity contribution in [1.82, 2.24) is 20.2 Å². The lowest BCUT2D eigenvalue weighted by Gasteiger charge is -2.08. The number of nitrogens with zero attached hydrogens (tertiary/aromatic N) is 3. The molecule has 1 unspecified atom stereocenters. The predicted octanol–water partition coefficient (Wildman–Crippen LogP) is 1.16. The summed E-state index contributed by atoms with van der Waals surface area (Å²) in [5, 5.41) is 8.89. The number of nitrogens with one attached hydrogen (secondary N) is 1. The first-order valence-corrected chi connectivity index (χ1v) is 3.31. The number of H-pyrrole nitrogens is 1. The molecule has 1 heterocycles. The summed E-state index contributed by atoms with van der Waals surface area (Å²) >= 11 is 4.61. The quantitative estimate of drug-likeness (QED) is 0.695. The van der Waals surface area contributed by atoms with Crippen molar-refractivity contribution >= 4 is 12.2 Å². The second-order valence-corrected chi connectivity index (χ2v) is 2.39. The Balaban J connectivity index is 2.93. The standard InChI is InChI=1S/C4H6F2N4S/c1-2(3(5)6)10-4(11)7-8-9-10/h2-3H,1H3,(H,7,9,11). The maximum Gasteiger partial charge on any atom is 0.260 e. The lowest BCUT2D eigenvalue weighted by Crippen LogP contribution is -2.15. The fourth-order valence-electron chi connectivity index (χ4n) is 0.582. The first kappa shape index (κ1) is 8.25. The molecular formula is C4H6F2N4S. The van der Waals surface area contributed by atoms with Crippen molar-refractivity contribution < 1.29 is 8.78 Å². The van der Waals surface area contributed by atoms with E-state index in [0.29, 0.717) is 0 Å². The van der Waals surface area contributed by atoms with Crippen LogP contribution in [-0.4, -0.2) is 26.6 Å². The third kappa shape index (κ3) is 1.59. The maximum absolute atomic E-state index is 12.0. The molecule has 1 atom stereocenters. The monoisotopic (exact) mass is 180 g/mol. The van der Waals surface area contributed by atoms with Gasteiger partial charge in [0.05, 0.1) is 0 Å². The van der Waals surface area contributed by atoms with Crippen LogP contribution < -0.4 is 0 Å². The molecule has 0 aliphatic carbocycles. The molecule has 0 spiro atoms. The van der Waals surface area contributed by atoms with E-state index >= 15 is 0 Å². The topological polar surface area (TPSA) is 46.5 Å². The fourth-order valence-corrected chi connectivity index (χ4v) is 0.830. The molecule has 0 aromatic carbocycles. The number of tetrazole rings is 1. The Morgan fingerprint density at radius 1 is 1.64 bits per heavy atom. The summed E-state index contributed by atoms with van der Waals surface area (Å²) in [7, 11) is 0. The third-order valence-electron chi connectivity index (χ3n) is 1.27. The van der Waals surface area contributed by atoms with Crippen molar-refractivity contribution in [3.63, 3.8) is 0 Å². The van der Waals surface area contributed by atoms with Crippen LogP contribution in [0.4, 0.5) is 8.78 Å². The molecule has 1 rings (SSSR count). The summed E-state index contributed by atoms with van der Waals surface area (Å²) in [6.07, 6.45) is -2.47. The Morgan fingerprint density at radius 3 is 2.64 bits per heavy atom. The molecule has 0 aliphatic rings. The predicted molar refractivity (Wildman–Crippen MR) is 35.9 cm³/mol. The van der Waals surface area contributed by atoms with Crippen LogP contribution in [0.5, 0.6) is 0 Å². The highest BCUT2D eigenvalue weighted by Crippen LogP contribution is 2.13. The van der Waals surface area contributed by atoms with E-state index in [4.69, 9.17) is 0 Å². The Bertz CT molecular complexity index is 280. The summed E-state index contributed by atoms with van der Waals surface area (Å²) in [5.74, 6) is 0. The van der Waals surface area contributed by atoms with E-state index in [2.05, 4.69) is 27.7 Å². The fraction of sp³-hybridized carbons (Fsp3) is 0.750. The summed E-state index contributed by atoms with van der Waals surface area (Å²) in [4.78, 5) is 0. The normalized spacial score (nSPS) is 13.8. The van der Waals surface area contributed by atoms with Gasteiger partial charge in [-0.15, -0.1) is 0 Å². The second-order valence-electron chi connectivity index (χ2n) is 2.03. The minimum absolute atomic E-state index is 0.0396. The minimum Gasteiger partial charge on any atom is -0.234 e. The minimum atomic E-state index is -2.47. The summed E-state index contributed by atoms with van der Waals surface area (Å²) < 4.78 is 25.1. The Hall–Kier alpha value is -0.850. The van der Waals surface area contributed by atoms with Crippen molar-refractivity contribution in [2.45, 2.75) is 19.4 Å². The number of alkyl halides is 2. The summed E-state index contributed by atoms with van der Waals surface area (Å²) in [5.41, 5.74) is 0. The van der Waals surface area contributed by atoms with Crippen LogP contribution >= 0.6 is 12.2 Å². The Kier molecular flexibility index (Phi) is 2.28. The van der Waals surface area contributed by atoms with Gasteiger partial charge in [-0.2, -0.15) is 5.21 Å². The van der Waals surface area contributed by atoms with E-state index in [-0.39, 0.29) is 4.77 Å². The van der Waals surface area contributed by atoms with Gasteiger partial charge in [-0.25, -0.2) is 13.5 Å².